The van der Waals surface area contributed by atoms with Gasteiger partial charge in [-0.1, -0.05) is 65.1 Å². The molecule has 4 aromatic rings. The van der Waals surface area contributed by atoms with Gasteiger partial charge in [-0.15, -0.1) is 11.3 Å². The molecule has 164 valence electrons. The van der Waals surface area contributed by atoms with Gasteiger partial charge in [0.1, 0.15) is 0 Å². The molecule has 1 aliphatic heterocycles. The standard InChI is InChI=1S/C26H23Cl3N2S/c1-17-21-4-2-3-5-25(21)32-26(17)16-30-12-13-31(23-11-10-20(28)14-22(23)29)24(15-30)18-6-8-19(27)9-7-18/h2-11,14,24H,12-13,15-16H2,1H3. The summed E-state index contributed by atoms with van der Waals surface area (Å²) in [6.45, 7) is 5.97. The molecule has 0 aliphatic carbocycles. The van der Waals surface area contributed by atoms with Gasteiger partial charge in [0.25, 0.3) is 0 Å². The Balaban J connectivity index is 1.45. The summed E-state index contributed by atoms with van der Waals surface area (Å²) in [6, 6.07) is 22.8. The van der Waals surface area contributed by atoms with Gasteiger partial charge in [-0.2, -0.15) is 0 Å². The van der Waals surface area contributed by atoms with E-state index in [0.717, 1.165) is 36.9 Å². The highest BCUT2D eigenvalue weighted by molar-refractivity contribution is 7.19. The molecular weight excluding hydrogens is 479 g/mol. The maximum Gasteiger partial charge on any atom is 0.0670 e. The van der Waals surface area contributed by atoms with Gasteiger partial charge in [0.2, 0.25) is 0 Å². The lowest BCUT2D eigenvalue weighted by atomic mass is 10.0. The van der Waals surface area contributed by atoms with Crippen LogP contribution in [0.25, 0.3) is 10.1 Å². The highest BCUT2D eigenvalue weighted by atomic mass is 35.5. The number of piperazine rings is 1. The zero-order valence-electron chi connectivity index (χ0n) is 17.7. The third-order valence-corrected chi connectivity index (χ3v) is 8.30. The molecule has 1 aromatic heterocycles. The Kier molecular flexibility index (Phi) is 6.37. The molecule has 1 atom stereocenters. The molecular formula is C26H23Cl3N2S. The van der Waals surface area contributed by atoms with E-state index in [4.69, 9.17) is 34.8 Å². The Bertz CT molecular complexity index is 1250. The van der Waals surface area contributed by atoms with E-state index in [9.17, 15) is 0 Å². The van der Waals surface area contributed by atoms with Gasteiger partial charge in [-0.3, -0.25) is 4.90 Å². The summed E-state index contributed by atoms with van der Waals surface area (Å²) in [5, 5.41) is 3.46. The van der Waals surface area contributed by atoms with Crippen molar-refractivity contribution in [1.82, 2.24) is 4.90 Å². The Morgan fingerprint density at radius 3 is 2.41 bits per heavy atom. The predicted molar refractivity (Wildman–Crippen MR) is 140 cm³/mol. The number of halogens is 3. The van der Waals surface area contributed by atoms with Gasteiger partial charge < -0.3 is 4.90 Å². The van der Waals surface area contributed by atoms with Crippen LogP contribution in [0.15, 0.2) is 66.7 Å². The third-order valence-electron chi connectivity index (χ3n) is 6.25. The van der Waals surface area contributed by atoms with Crippen molar-refractivity contribution in [3.63, 3.8) is 0 Å². The SMILES string of the molecule is Cc1c(CN2CCN(c3ccc(Cl)cc3Cl)C(c3ccc(Cl)cc3)C2)sc2ccccc12. The van der Waals surface area contributed by atoms with Crippen LogP contribution in [0.1, 0.15) is 22.0 Å². The maximum absolute atomic E-state index is 6.61. The molecule has 0 spiro atoms. The van der Waals surface area contributed by atoms with Crippen molar-refractivity contribution in [1.29, 1.82) is 0 Å². The lowest BCUT2D eigenvalue weighted by molar-refractivity contribution is 0.217. The molecule has 2 nitrogen and oxygen atoms in total. The van der Waals surface area contributed by atoms with E-state index in [1.54, 1.807) is 0 Å². The zero-order chi connectivity index (χ0) is 22.2. The van der Waals surface area contributed by atoms with Crippen LogP contribution in [0.2, 0.25) is 15.1 Å². The van der Waals surface area contributed by atoms with Gasteiger partial charge in [-0.25, -0.2) is 0 Å². The first-order chi connectivity index (χ1) is 15.5. The van der Waals surface area contributed by atoms with Gasteiger partial charge in [0.15, 0.2) is 0 Å². The molecule has 6 heteroatoms. The van der Waals surface area contributed by atoms with E-state index in [2.05, 4.69) is 53.1 Å². The van der Waals surface area contributed by atoms with Gasteiger partial charge in [-0.05, 0) is 59.8 Å². The van der Waals surface area contributed by atoms with E-state index >= 15 is 0 Å². The number of fused-ring (bicyclic) bond motifs is 1. The summed E-state index contributed by atoms with van der Waals surface area (Å²) < 4.78 is 1.36. The zero-order valence-corrected chi connectivity index (χ0v) is 20.8. The number of anilines is 1. The smallest absolute Gasteiger partial charge is 0.0670 e. The van der Waals surface area contributed by atoms with Crippen LogP contribution in [0, 0.1) is 6.92 Å². The largest absolute Gasteiger partial charge is 0.361 e. The van der Waals surface area contributed by atoms with E-state index in [0.29, 0.717) is 10.0 Å². The minimum absolute atomic E-state index is 0.175. The molecule has 0 N–H and O–H groups in total. The fraction of sp³-hybridized carbons (Fsp3) is 0.231. The minimum atomic E-state index is 0.175. The van der Waals surface area contributed by atoms with Gasteiger partial charge in [0.05, 0.1) is 16.8 Å². The Hall–Kier alpha value is -1.75. The second-order valence-electron chi connectivity index (χ2n) is 8.24. The molecule has 1 aliphatic rings. The monoisotopic (exact) mass is 500 g/mol. The van der Waals surface area contributed by atoms with E-state index in [1.165, 1.54) is 26.1 Å². The van der Waals surface area contributed by atoms with Crippen LogP contribution < -0.4 is 4.90 Å². The molecule has 0 bridgehead atoms. The van der Waals surface area contributed by atoms with Crippen molar-refractivity contribution < 1.29 is 0 Å². The second-order valence-corrected chi connectivity index (χ2v) is 10.7. The predicted octanol–water partition coefficient (Wildman–Crippen LogP) is 8.23. The summed E-state index contributed by atoms with van der Waals surface area (Å²) in [5.41, 5.74) is 3.66. The van der Waals surface area contributed by atoms with Crippen LogP contribution in [0.5, 0.6) is 0 Å². The molecule has 5 rings (SSSR count). The first-order valence-electron chi connectivity index (χ1n) is 10.7. The highest BCUT2D eigenvalue weighted by Crippen LogP contribution is 2.38. The number of thiophene rings is 1. The van der Waals surface area contributed by atoms with Crippen molar-refractivity contribution in [2.45, 2.75) is 19.5 Å². The lowest BCUT2D eigenvalue weighted by Gasteiger charge is -2.43. The molecule has 1 unspecified atom stereocenters. The molecule has 1 saturated heterocycles. The average molecular weight is 502 g/mol. The molecule has 2 heterocycles. The fourth-order valence-corrected chi connectivity index (χ4v) is 6.43. The molecule has 1 fully saturated rings. The first kappa shape index (κ1) is 22.1. The lowest BCUT2D eigenvalue weighted by Crippen LogP contribution is -2.48. The molecule has 0 saturated carbocycles. The molecule has 0 radical (unpaired) electrons. The first-order valence-corrected chi connectivity index (χ1v) is 12.6. The summed E-state index contributed by atoms with van der Waals surface area (Å²) in [7, 11) is 0. The number of benzene rings is 3. The van der Waals surface area contributed by atoms with Crippen molar-refractivity contribution in [2.24, 2.45) is 0 Å². The molecule has 32 heavy (non-hydrogen) atoms. The van der Waals surface area contributed by atoms with Gasteiger partial charge >= 0.3 is 0 Å². The Labute approximate surface area is 207 Å². The van der Waals surface area contributed by atoms with E-state index in [1.807, 2.05) is 41.7 Å². The number of hydrogen-bond acceptors (Lipinski definition) is 3. The summed E-state index contributed by atoms with van der Waals surface area (Å²) in [4.78, 5) is 6.40. The Morgan fingerprint density at radius 1 is 0.906 bits per heavy atom. The third kappa shape index (κ3) is 4.37. The molecule has 3 aromatic carbocycles. The topological polar surface area (TPSA) is 6.48 Å². The van der Waals surface area contributed by atoms with Crippen molar-refractivity contribution in [2.75, 3.05) is 24.5 Å². The van der Waals surface area contributed by atoms with Crippen molar-refractivity contribution >= 4 is 61.9 Å². The maximum atomic E-state index is 6.61. The molecule has 0 amide bonds. The number of aryl methyl sites for hydroxylation is 1. The van der Waals surface area contributed by atoms with Crippen LogP contribution in [0.4, 0.5) is 5.69 Å². The fourth-order valence-electron chi connectivity index (χ4n) is 4.53. The van der Waals surface area contributed by atoms with Crippen LogP contribution >= 0.6 is 46.1 Å². The van der Waals surface area contributed by atoms with Gasteiger partial charge in [0, 0.05) is 45.8 Å². The number of nitrogens with zero attached hydrogens (tertiary/aromatic N) is 2. The van der Waals surface area contributed by atoms with Crippen LogP contribution in [0.3, 0.4) is 0 Å². The van der Waals surface area contributed by atoms with E-state index < -0.39 is 0 Å². The van der Waals surface area contributed by atoms with Crippen molar-refractivity contribution in [3.8, 4) is 0 Å². The highest BCUT2D eigenvalue weighted by Gasteiger charge is 2.30. The van der Waals surface area contributed by atoms with Crippen molar-refractivity contribution in [3.05, 3.63) is 97.8 Å². The number of hydrogen-bond donors (Lipinski definition) is 0. The second kappa shape index (κ2) is 9.24. The summed E-state index contributed by atoms with van der Waals surface area (Å²) in [5.74, 6) is 0. The minimum Gasteiger partial charge on any atom is -0.361 e. The summed E-state index contributed by atoms with van der Waals surface area (Å²) in [6.07, 6.45) is 0. The van der Waals surface area contributed by atoms with E-state index in [-0.39, 0.29) is 6.04 Å². The van der Waals surface area contributed by atoms with Crippen LogP contribution in [-0.4, -0.2) is 24.5 Å². The average Bonchev–Trinajstić information content (AvgIpc) is 3.10. The van der Waals surface area contributed by atoms with Crippen LogP contribution in [-0.2, 0) is 6.54 Å². The summed E-state index contributed by atoms with van der Waals surface area (Å²) >= 11 is 20.9. The Morgan fingerprint density at radius 2 is 1.66 bits per heavy atom. The normalized spacial score (nSPS) is 17.2. The quantitative estimate of drug-likeness (QED) is 0.278. The number of rotatable bonds is 4.